The van der Waals surface area contributed by atoms with E-state index in [1.165, 1.54) is 10.9 Å². The smallest absolute Gasteiger partial charge is 0.358 e. The predicted molar refractivity (Wildman–Crippen MR) is 70.3 cm³/mol. The summed E-state index contributed by atoms with van der Waals surface area (Å²) in [5, 5.41) is 15.9. The van der Waals surface area contributed by atoms with Crippen LogP contribution in [0.15, 0.2) is 6.20 Å². The van der Waals surface area contributed by atoms with Crippen molar-refractivity contribution in [2.24, 2.45) is 0 Å². The van der Waals surface area contributed by atoms with Gasteiger partial charge in [0.2, 0.25) is 5.91 Å². The fraction of sp³-hybridized carbons (Fsp3) is 0.667. The molecule has 2 heterocycles. The van der Waals surface area contributed by atoms with E-state index < -0.39 is 5.97 Å². The second kappa shape index (κ2) is 6.47. The van der Waals surface area contributed by atoms with Crippen molar-refractivity contribution in [2.45, 2.75) is 19.9 Å². The molecule has 20 heavy (non-hydrogen) atoms. The quantitative estimate of drug-likeness (QED) is 0.784. The Labute approximate surface area is 117 Å². The number of carboxylic acid groups (broad SMARTS) is 1. The third kappa shape index (κ3) is 3.53. The standard InChI is InChI=1S/C12H19N5O3/c1-2-3-15-4-6-16(7-5-15)11(18)9-17-8-10(12(19)20)13-14-17/h8H,2-7,9H2,1H3,(H,19,20). The molecule has 0 radical (unpaired) electrons. The normalized spacial score (nSPS) is 16.4. The molecule has 0 aromatic carbocycles. The van der Waals surface area contributed by atoms with Crippen LogP contribution in [0.5, 0.6) is 0 Å². The van der Waals surface area contributed by atoms with Gasteiger partial charge in [0, 0.05) is 26.2 Å². The van der Waals surface area contributed by atoms with Gasteiger partial charge in [-0.2, -0.15) is 0 Å². The summed E-state index contributed by atoms with van der Waals surface area (Å²) in [5.41, 5.74) is -0.148. The van der Waals surface area contributed by atoms with Gasteiger partial charge in [-0.3, -0.25) is 9.69 Å². The van der Waals surface area contributed by atoms with Crippen molar-refractivity contribution < 1.29 is 14.7 Å². The summed E-state index contributed by atoms with van der Waals surface area (Å²) in [6, 6.07) is 0. The molecule has 1 saturated heterocycles. The fourth-order valence-electron chi connectivity index (χ4n) is 2.25. The Morgan fingerprint density at radius 2 is 2.00 bits per heavy atom. The highest BCUT2D eigenvalue weighted by Crippen LogP contribution is 2.04. The van der Waals surface area contributed by atoms with Crippen molar-refractivity contribution in [2.75, 3.05) is 32.7 Å². The van der Waals surface area contributed by atoms with Crippen LogP contribution in [0.1, 0.15) is 23.8 Å². The van der Waals surface area contributed by atoms with Crippen molar-refractivity contribution in [3.8, 4) is 0 Å². The molecular formula is C12H19N5O3. The van der Waals surface area contributed by atoms with Crippen molar-refractivity contribution in [1.82, 2.24) is 24.8 Å². The lowest BCUT2D eigenvalue weighted by atomic mass is 10.3. The highest BCUT2D eigenvalue weighted by molar-refractivity contribution is 5.84. The Balaban J connectivity index is 1.84. The van der Waals surface area contributed by atoms with Gasteiger partial charge in [0.1, 0.15) is 6.54 Å². The molecule has 0 spiro atoms. The number of nitrogens with zero attached hydrogens (tertiary/aromatic N) is 5. The van der Waals surface area contributed by atoms with E-state index in [1.54, 1.807) is 4.90 Å². The fourth-order valence-corrected chi connectivity index (χ4v) is 2.25. The van der Waals surface area contributed by atoms with E-state index in [1.807, 2.05) is 0 Å². The Hall–Kier alpha value is -1.96. The molecule has 0 atom stereocenters. The number of aromatic carboxylic acids is 1. The number of carboxylic acids is 1. The number of carbonyl (C=O) groups is 2. The first-order chi connectivity index (χ1) is 9.60. The number of aromatic nitrogens is 3. The molecule has 0 unspecified atom stereocenters. The van der Waals surface area contributed by atoms with Gasteiger partial charge in [-0.1, -0.05) is 12.1 Å². The number of rotatable bonds is 5. The minimum Gasteiger partial charge on any atom is -0.476 e. The van der Waals surface area contributed by atoms with Crippen LogP contribution in [-0.2, 0) is 11.3 Å². The van der Waals surface area contributed by atoms with Crippen LogP contribution in [0.3, 0.4) is 0 Å². The molecule has 1 fully saturated rings. The third-order valence-electron chi connectivity index (χ3n) is 3.32. The minimum absolute atomic E-state index is 0.0358. The summed E-state index contributed by atoms with van der Waals surface area (Å²) in [7, 11) is 0. The molecule has 0 saturated carbocycles. The second-order valence-electron chi connectivity index (χ2n) is 4.83. The van der Waals surface area contributed by atoms with E-state index in [0.717, 1.165) is 26.1 Å². The summed E-state index contributed by atoms with van der Waals surface area (Å²) in [6.45, 7) is 6.43. The highest BCUT2D eigenvalue weighted by atomic mass is 16.4. The summed E-state index contributed by atoms with van der Waals surface area (Å²) < 4.78 is 1.27. The summed E-state index contributed by atoms with van der Waals surface area (Å²) in [4.78, 5) is 26.9. The summed E-state index contributed by atoms with van der Waals surface area (Å²) >= 11 is 0. The zero-order valence-electron chi connectivity index (χ0n) is 11.5. The maximum absolute atomic E-state index is 12.1. The minimum atomic E-state index is -1.14. The lowest BCUT2D eigenvalue weighted by Gasteiger charge is -2.34. The maximum Gasteiger partial charge on any atom is 0.358 e. The van der Waals surface area contributed by atoms with Crippen LogP contribution in [0.4, 0.5) is 0 Å². The second-order valence-corrected chi connectivity index (χ2v) is 4.83. The van der Waals surface area contributed by atoms with Crippen molar-refractivity contribution >= 4 is 11.9 Å². The molecule has 0 aliphatic carbocycles. The zero-order valence-corrected chi connectivity index (χ0v) is 11.5. The first kappa shape index (κ1) is 14.4. The largest absolute Gasteiger partial charge is 0.476 e. The maximum atomic E-state index is 12.1. The van der Waals surface area contributed by atoms with Gasteiger partial charge >= 0.3 is 5.97 Å². The number of hydrogen-bond acceptors (Lipinski definition) is 5. The van der Waals surface area contributed by atoms with Crippen molar-refractivity contribution in [1.29, 1.82) is 0 Å². The lowest BCUT2D eigenvalue weighted by molar-refractivity contribution is -0.133. The van der Waals surface area contributed by atoms with Gasteiger partial charge in [-0.25, -0.2) is 9.48 Å². The SMILES string of the molecule is CCCN1CCN(C(=O)Cn2cc(C(=O)O)nn2)CC1. The molecule has 1 aliphatic rings. The Kier molecular flexibility index (Phi) is 4.67. The number of carbonyl (C=O) groups excluding carboxylic acids is 1. The molecule has 1 aliphatic heterocycles. The monoisotopic (exact) mass is 281 g/mol. The van der Waals surface area contributed by atoms with Gasteiger partial charge in [0.15, 0.2) is 5.69 Å². The van der Waals surface area contributed by atoms with E-state index in [-0.39, 0.29) is 18.1 Å². The first-order valence-corrected chi connectivity index (χ1v) is 6.73. The summed E-state index contributed by atoms with van der Waals surface area (Å²) in [6.07, 6.45) is 2.39. The van der Waals surface area contributed by atoms with E-state index in [2.05, 4.69) is 22.1 Å². The molecule has 1 aromatic rings. The predicted octanol–water partition coefficient (Wildman–Crippen LogP) is -0.469. The average molecular weight is 281 g/mol. The topological polar surface area (TPSA) is 91.6 Å². The Morgan fingerprint density at radius 1 is 1.30 bits per heavy atom. The van der Waals surface area contributed by atoms with E-state index in [0.29, 0.717) is 13.1 Å². The van der Waals surface area contributed by atoms with Crippen LogP contribution in [0, 0.1) is 0 Å². The van der Waals surface area contributed by atoms with Gasteiger partial charge in [-0.15, -0.1) is 5.10 Å². The molecule has 110 valence electrons. The molecule has 1 aromatic heterocycles. The molecule has 8 heteroatoms. The van der Waals surface area contributed by atoms with Gasteiger partial charge < -0.3 is 10.0 Å². The van der Waals surface area contributed by atoms with Gasteiger partial charge in [-0.05, 0) is 13.0 Å². The van der Waals surface area contributed by atoms with E-state index in [4.69, 9.17) is 5.11 Å². The van der Waals surface area contributed by atoms with Crippen LogP contribution < -0.4 is 0 Å². The van der Waals surface area contributed by atoms with Crippen LogP contribution in [-0.4, -0.2) is 74.5 Å². The number of hydrogen-bond donors (Lipinski definition) is 1. The van der Waals surface area contributed by atoms with Gasteiger partial charge in [0.25, 0.3) is 0 Å². The number of piperazine rings is 1. The van der Waals surface area contributed by atoms with E-state index >= 15 is 0 Å². The lowest BCUT2D eigenvalue weighted by Crippen LogP contribution is -2.49. The molecule has 8 nitrogen and oxygen atoms in total. The average Bonchev–Trinajstić information content (AvgIpc) is 2.88. The summed E-state index contributed by atoms with van der Waals surface area (Å²) in [5.74, 6) is -1.19. The molecule has 1 N–H and O–H groups in total. The molecule has 0 bridgehead atoms. The third-order valence-corrected chi connectivity index (χ3v) is 3.32. The van der Waals surface area contributed by atoms with Crippen molar-refractivity contribution in [3.05, 3.63) is 11.9 Å². The van der Waals surface area contributed by atoms with Crippen molar-refractivity contribution in [3.63, 3.8) is 0 Å². The first-order valence-electron chi connectivity index (χ1n) is 6.73. The highest BCUT2D eigenvalue weighted by Gasteiger charge is 2.21. The number of amides is 1. The molecular weight excluding hydrogens is 262 g/mol. The van der Waals surface area contributed by atoms with Gasteiger partial charge in [0.05, 0.1) is 6.20 Å². The Bertz CT molecular complexity index is 479. The molecule has 2 rings (SSSR count). The van der Waals surface area contributed by atoms with E-state index in [9.17, 15) is 9.59 Å². The molecule has 1 amide bonds. The van der Waals surface area contributed by atoms with Crippen LogP contribution in [0.2, 0.25) is 0 Å². The van der Waals surface area contributed by atoms with Crippen LogP contribution in [0.25, 0.3) is 0 Å². The van der Waals surface area contributed by atoms with Crippen LogP contribution >= 0.6 is 0 Å². The Morgan fingerprint density at radius 3 is 2.55 bits per heavy atom. The zero-order chi connectivity index (χ0) is 14.5.